The lowest BCUT2D eigenvalue weighted by Crippen LogP contribution is -2.38. The Labute approximate surface area is 72.0 Å². The molecule has 0 bridgehead atoms. The maximum Gasteiger partial charge on any atom is 0.306 e. The van der Waals surface area contributed by atoms with Gasteiger partial charge < -0.3 is 15.2 Å². The molecule has 1 aliphatic heterocycles. The van der Waals surface area contributed by atoms with Crippen LogP contribution in [0, 0.1) is 5.92 Å². The first-order valence-corrected chi connectivity index (χ1v) is 4.19. The lowest BCUT2D eigenvalue weighted by molar-refractivity contribution is -0.172. The molecule has 0 aromatic carbocycles. The molecule has 1 fully saturated rings. The number of carbonyl (C=O) groups excluding carboxylic acids is 1. The molecule has 4 nitrogen and oxygen atoms in total. The summed E-state index contributed by atoms with van der Waals surface area (Å²) in [4.78, 5) is 11.1. The Bertz CT molecular complexity index is 148. The molecule has 1 rings (SSSR count). The van der Waals surface area contributed by atoms with Crippen LogP contribution in [0.1, 0.15) is 13.3 Å². The second kappa shape index (κ2) is 4.42. The molecule has 12 heavy (non-hydrogen) atoms. The van der Waals surface area contributed by atoms with Gasteiger partial charge in [0.05, 0.1) is 13.2 Å². The fraction of sp³-hybridized carbons (Fsp3) is 0.875. The Morgan fingerprint density at radius 2 is 2.42 bits per heavy atom. The number of carbonyl (C=O) groups is 1. The summed E-state index contributed by atoms with van der Waals surface area (Å²) in [6, 6.07) is 0. The van der Waals surface area contributed by atoms with Gasteiger partial charge in [-0.05, 0) is 12.5 Å². The summed E-state index contributed by atoms with van der Waals surface area (Å²) in [6.07, 6.45) is 0.398. The Morgan fingerprint density at radius 1 is 1.75 bits per heavy atom. The highest BCUT2D eigenvalue weighted by molar-refractivity contribution is 5.69. The number of esters is 1. The van der Waals surface area contributed by atoms with E-state index in [-0.39, 0.29) is 18.0 Å². The molecule has 0 aromatic heterocycles. The zero-order valence-electron chi connectivity index (χ0n) is 7.29. The summed E-state index contributed by atoms with van der Waals surface area (Å²) in [5.41, 5.74) is 5.37. The fourth-order valence-corrected chi connectivity index (χ4v) is 0.884. The maximum atomic E-state index is 11.1. The minimum atomic E-state index is -0.166. The highest BCUT2D eigenvalue weighted by atomic mass is 16.6. The Kier molecular flexibility index (Phi) is 3.49. The lowest BCUT2D eigenvalue weighted by Gasteiger charge is -2.26. The van der Waals surface area contributed by atoms with Gasteiger partial charge in [-0.3, -0.25) is 4.79 Å². The maximum absolute atomic E-state index is 11.1. The third-order valence-electron chi connectivity index (χ3n) is 1.82. The second-order valence-corrected chi connectivity index (χ2v) is 3.19. The van der Waals surface area contributed by atoms with E-state index in [1.54, 1.807) is 0 Å². The van der Waals surface area contributed by atoms with E-state index in [0.717, 1.165) is 0 Å². The molecule has 0 spiro atoms. The molecule has 70 valence electrons. The fourth-order valence-electron chi connectivity index (χ4n) is 0.884. The molecule has 1 atom stereocenters. The van der Waals surface area contributed by atoms with Gasteiger partial charge >= 0.3 is 5.97 Å². The van der Waals surface area contributed by atoms with Crippen molar-refractivity contribution in [1.29, 1.82) is 0 Å². The van der Waals surface area contributed by atoms with Crippen molar-refractivity contribution in [1.82, 2.24) is 0 Å². The molecule has 0 saturated carbocycles. The molecule has 4 heteroatoms. The van der Waals surface area contributed by atoms with Gasteiger partial charge in [-0.1, -0.05) is 6.92 Å². The predicted molar refractivity (Wildman–Crippen MR) is 43.5 cm³/mol. The highest BCUT2D eigenvalue weighted by Gasteiger charge is 2.23. The molecule has 0 radical (unpaired) electrons. The molecule has 1 saturated heterocycles. The van der Waals surface area contributed by atoms with Crippen LogP contribution in [0.3, 0.4) is 0 Å². The molecular formula is C8H15NO3. The van der Waals surface area contributed by atoms with Crippen molar-refractivity contribution in [2.45, 2.75) is 19.4 Å². The standard InChI is InChI=1S/C8H15NO3/c1-6(3-9)2-8(10)12-7-4-11-5-7/h6-7H,2-5,9H2,1H3. The Hall–Kier alpha value is -0.610. The molecule has 1 aliphatic rings. The number of ether oxygens (including phenoxy) is 2. The topological polar surface area (TPSA) is 61.6 Å². The molecule has 0 aliphatic carbocycles. The third-order valence-corrected chi connectivity index (χ3v) is 1.82. The van der Waals surface area contributed by atoms with Gasteiger partial charge in [0, 0.05) is 6.42 Å². The van der Waals surface area contributed by atoms with Crippen molar-refractivity contribution in [3.63, 3.8) is 0 Å². The second-order valence-electron chi connectivity index (χ2n) is 3.19. The van der Waals surface area contributed by atoms with Gasteiger partial charge in [0.1, 0.15) is 6.10 Å². The van der Waals surface area contributed by atoms with Crippen LogP contribution in [0.25, 0.3) is 0 Å². The van der Waals surface area contributed by atoms with Gasteiger partial charge in [0.25, 0.3) is 0 Å². The van der Waals surface area contributed by atoms with Crippen molar-refractivity contribution in [3.8, 4) is 0 Å². The van der Waals surface area contributed by atoms with Crippen LogP contribution in [0.4, 0.5) is 0 Å². The predicted octanol–water partition coefficient (Wildman–Crippen LogP) is -0.0867. The van der Waals surface area contributed by atoms with Crippen LogP contribution in [-0.2, 0) is 14.3 Å². The largest absolute Gasteiger partial charge is 0.457 e. The van der Waals surface area contributed by atoms with Gasteiger partial charge in [-0.15, -0.1) is 0 Å². The van der Waals surface area contributed by atoms with E-state index in [9.17, 15) is 4.79 Å². The summed E-state index contributed by atoms with van der Waals surface area (Å²) in [6.45, 7) is 3.54. The van der Waals surface area contributed by atoms with Crippen molar-refractivity contribution in [2.75, 3.05) is 19.8 Å². The SMILES string of the molecule is CC(CN)CC(=O)OC1COC1. The molecule has 1 unspecified atom stereocenters. The van der Waals surface area contributed by atoms with E-state index in [0.29, 0.717) is 26.2 Å². The van der Waals surface area contributed by atoms with E-state index >= 15 is 0 Å². The van der Waals surface area contributed by atoms with Crippen molar-refractivity contribution in [3.05, 3.63) is 0 Å². The summed E-state index contributed by atoms with van der Waals surface area (Å²) < 4.78 is 9.90. The van der Waals surface area contributed by atoms with E-state index in [1.807, 2.05) is 6.92 Å². The van der Waals surface area contributed by atoms with Crippen molar-refractivity contribution < 1.29 is 14.3 Å². The summed E-state index contributed by atoms with van der Waals surface area (Å²) in [5, 5.41) is 0. The first kappa shape index (κ1) is 9.48. The van der Waals surface area contributed by atoms with E-state index < -0.39 is 0 Å². The molecule has 0 amide bonds. The first-order valence-electron chi connectivity index (χ1n) is 4.19. The van der Waals surface area contributed by atoms with E-state index in [2.05, 4.69) is 0 Å². The molecular weight excluding hydrogens is 158 g/mol. The molecule has 0 aromatic rings. The average molecular weight is 173 g/mol. The zero-order valence-corrected chi connectivity index (χ0v) is 7.29. The minimum absolute atomic E-state index is 0.0116. The number of nitrogens with two attached hydrogens (primary N) is 1. The van der Waals surface area contributed by atoms with Gasteiger partial charge in [0.2, 0.25) is 0 Å². The van der Waals surface area contributed by atoms with Crippen LogP contribution >= 0.6 is 0 Å². The lowest BCUT2D eigenvalue weighted by atomic mass is 10.1. The quantitative estimate of drug-likeness (QED) is 0.604. The van der Waals surface area contributed by atoms with Gasteiger partial charge in [-0.25, -0.2) is 0 Å². The van der Waals surface area contributed by atoms with Crippen LogP contribution in [-0.4, -0.2) is 31.8 Å². The van der Waals surface area contributed by atoms with E-state index in [1.165, 1.54) is 0 Å². The normalized spacial score (nSPS) is 19.8. The first-order chi connectivity index (χ1) is 5.72. The van der Waals surface area contributed by atoms with E-state index in [4.69, 9.17) is 15.2 Å². The van der Waals surface area contributed by atoms with Crippen LogP contribution in [0.2, 0.25) is 0 Å². The summed E-state index contributed by atoms with van der Waals surface area (Å²) in [5.74, 6) is 0.0414. The average Bonchev–Trinajstić information content (AvgIpc) is 1.97. The van der Waals surface area contributed by atoms with Crippen LogP contribution in [0.5, 0.6) is 0 Å². The van der Waals surface area contributed by atoms with Crippen LogP contribution in [0.15, 0.2) is 0 Å². The Balaban J connectivity index is 2.10. The number of rotatable bonds is 4. The highest BCUT2D eigenvalue weighted by Crippen LogP contribution is 2.08. The third kappa shape index (κ3) is 2.79. The van der Waals surface area contributed by atoms with Crippen molar-refractivity contribution >= 4 is 5.97 Å². The number of hydrogen-bond acceptors (Lipinski definition) is 4. The van der Waals surface area contributed by atoms with Gasteiger partial charge in [-0.2, -0.15) is 0 Å². The van der Waals surface area contributed by atoms with Crippen LogP contribution < -0.4 is 5.73 Å². The van der Waals surface area contributed by atoms with Gasteiger partial charge in [0.15, 0.2) is 0 Å². The monoisotopic (exact) mass is 173 g/mol. The summed E-state index contributed by atoms with van der Waals surface area (Å²) in [7, 11) is 0. The molecule has 1 heterocycles. The Morgan fingerprint density at radius 3 is 2.83 bits per heavy atom. The van der Waals surface area contributed by atoms with Crippen molar-refractivity contribution in [2.24, 2.45) is 11.7 Å². The smallest absolute Gasteiger partial charge is 0.306 e. The number of hydrogen-bond donors (Lipinski definition) is 1. The minimum Gasteiger partial charge on any atom is -0.457 e. The summed E-state index contributed by atoms with van der Waals surface area (Å²) >= 11 is 0. The molecule has 2 N–H and O–H groups in total. The zero-order chi connectivity index (χ0) is 8.97.